The van der Waals surface area contributed by atoms with E-state index in [2.05, 4.69) is 10.3 Å². The molecule has 0 spiro atoms. The maximum absolute atomic E-state index is 12.4. The minimum absolute atomic E-state index is 0.240. The highest BCUT2D eigenvalue weighted by Crippen LogP contribution is 2.24. The van der Waals surface area contributed by atoms with Crippen molar-refractivity contribution in [2.75, 3.05) is 20.8 Å². The Bertz CT molecular complexity index is 673. The molecule has 0 radical (unpaired) electrons. The Hall–Kier alpha value is -2.76. The fraction of sp³-hybridized carbons (Fsp3) is 0.294. The van der Waals surface area contributed by atoms with Crippen LogP contribution in [0.25, 0.3) is 0 Å². The van der Waals surface area contributed by atoms with Gasteiger partial charge in [0.2, 0.25) is 5.88 Å². The van der Waals surface area contributed by atoms with Gasteiger partial charge in [0.25, 0.3) is 5.91 Å². The maximum atomic E-state index is 12.4. The number of hydrogen-bond acceptors (Lipinski definition) is 5. The lowest BCUT2D eigenvalue weighted by atomic mass is 10.1. The molecular weight excluding hydrogens is 296 g/mol. The largest absolute Gasteiger partial charge is 0.497 e. The topological polar surface area (TPSA) is 69.7 Å². The van der Waals surface area contributed by atoms with Crippen molar-refractivity contribution in [2.45, 2.75) is 13.5 Å². The molecule has 6 heteroatoms. The summed E-state index contributed by atoms with van der Waals surface area (Å²) in [7, 11) is 3.08. The first kappa shape index (κ1) is 16.6. The molecule has 23 heavy (non-hydrogen) atoms. The standard InChI is InChI=1S/C17H20N2O4/c1-4-23-17-12(6-5-9-18-17)11-19-16(20)14-8-7-13(21-2)10-15(14)22-3/h5-10H,4,11H2,1-3H3,(H,19,20). The van der Waals surface area contributed by atoms with E-state index < -0.39 is 0 Å². The van der Waals surface area contributed by atoms with E-state index >= 15 is 0 Å². The van der Waals surface area contributed by atoms with Crippen molar-refractivity contribution < 1.29 is 19.0 Å². The third kappa shape index (κ3) is 4.12. The van der Waals surface area contributed by atoms with Crippen LogP contribution in [0.2, 0.25) is 0 Å². The molecule has 1 N–H and O–H groups in total. The first-order valence-corrected chi connectivity index (χ1v) is 7.26. The third-order valence-corrected chi connectivity index (χ3v) is 3.22. The minimum Gasteiger partial charge on any atom is -0.497 e. The molecule has 2 aromatic rings. The Labute approximate surface area is 135 Å². The number of pyridine rings is 1. The van der Waals surface area contributed by atoms with Crippen LogP contribution in [0.15, 0.2) is 36.5 Å². The summed E-state index contributed by atoms with van der Waals surface area (Å²) in [5, 5.41) is 2.85. The van der Waals surface area contributed by atoms with Gasteiger partial charge in [0.1, 0.15) is 11.5 Å². The fourth-order valence-electron chi connectivity index (χ4n) is 2.08. The van der Waals surface area contributed by atoms with Crippen molar-refractivity contribution >= 4 is 5.91 Å². The molecule has 0 unspecified atom stereocenters. The second kappa shape index (κ2) is 8.03. The average Bonchev–Trinajstić information content (AvgIpc) is 2.60. The van der Waals surface area contributed by atoms with E-state index in [4.69, 9.17) is 14.2 Å². The van der Waals surface area contributed by atoms with Gasteiger partial charge in [0.05, 0.1) is 26.4 Å². The minimum atomic E-state index is -0.240. The van der Waals surface area contributed by atoms with E-state index in [1.165, 1.54) is 7.11 Å². The zero-order valence-electron chi connectivity index (χ0n) is 13.5. The molecule has 1 aromatic heterocycles. The molecule has 2 rings (SSSR count). The molecule has 0 aliphatic rings. The van der Waals surface area contributed by atoms with E-state index in [9.17, 15) is 4.79 Å². The van der Waals surface area contributed by atoms with Gasteiger partial charge in [0, 0.05) is 24.4 Å². The van der Waals surface area contributed by atoms with Crippen LogP contribution in [0.3, 0.4) is 0 Å². The summed E-state index contributed by atoms with van der Waals surface area (Å²) >= 11 is 0. The number of rotatable bonds is 7. The predicted octanol–water partition coefficient (Wildman–Crippen LogP) is 2.43. The van der Waals surface area contributed by atoms with Crippen LogP contribution in [0.1, 0.15) is 22.8 Å². The molecule has 0 aliphatic carbocycles. The number of aromatic nitrogens is 1. The maximum Gasteiger partial charge on any atom is 0.255 e. The van der Waals surface area contributed by atoms with Gasteiger partial charge in [0.15, 0.2) is 0 Å². The molecule has 1 heterocycles. The highest BCUT2D eigenvalue weighted by atomic mass is 16.5. The van der Waals surface area contributed by atoms with E-state index in [0.717, 1.165) is 5.56 Å². The number of amides is 1. The van der Waals surface area contributed by atoms with Gasteiger partial charge in [-0.05, 0) is 25.1 Å². The number of ether oxygens (including phenoxy) is 3. The first-order valence-electron chi connectivity index (χ1n) is 7.26. The lowest BCUT2D eigenvalue weighted by Gasteiger charge is -2.12. The van der Waals surface area contributed by atoms with Crippen molar-refractivity contribution in [1.29, 1.82) is 0 Å². The molecule has 0 saturated heterocycles. The van der Waals surface area contributed by atoms with Gasteiger partial charge in [-0.25, -0.2) is 4.98 Å². The number of carbonyl (C=O) groups is 1. The summed E-state index contributed by atoms with van der Waals surface area (Å²) in [6, 6.07) is 8.72. The quantitative estimate of drug-likeness (QED) is 0.849. The molecule has 0 fully saturated rings. The van der Waals surface area contributed by atoms with Crippen molar-refractivity contribution in [3.8, 4) is 17.4 Å². The molecule has 1 aromatic carbocycles. The summed E-state index contributed by atoms with van der Waals surface area (Å²) in [4.78, 5) is 16.5. The number of hydrogen-bond donors (Lipinski definition) is 1. The molecule has 0 bridgehead atoms. The summed E-state index contributed by atoms with van der Waals surface area (Å²) in [5.74, 6) is 1.37. The monoisotopic (exact) mass is 316 g/mol. The van der Waals surface area contributed by atoms with Crippen molar-refractivity contribution in [3.63, 3.8) is 0 Å². The van der Waals surface area contributed by atoms with E-state index in [1.54, 1.807) is 37.6 Å². The van der Waals surface area contributed by atoms with E-state index in [1.807, 2.05) is 13.0 Å². The second-order valence-electron chi connectivity index (χ2n) is 4.65. The van der Waals surface area contributed by atoms with Crippen LogP contribution in [-0.2, 0) is 6.54 Å². The van der Waals surface area contributed by atoms with Gasteiger partial charge in [-0.2, -0.15) is 0 Å². The second-order valence-corrected chi connectivity index (χ2v) is 4.65. The van der Waals surface area contributed by atoms with Gasteiger partial charge < -0.3 is 19.5 Å². The van der Waals surface area contributed by atoms with E-state index in [0.29, 0.717) is 36.1 Å². The van der Waals surface area contributed by atoms with Crippen LogP contribution in [0.5, 0.6) is 17.4 Å². The highest BCUT2D eigenvalue weighted by molar-refractivity contribution is 5.97. The summed E-state index contributed by atoms with van der Waals surface area (Å²) in [5.41, 5.74) is 1.25. The molecule has 0 atom stereocenters. The SMILES string of the molecule is CCOc1ncccc1CNC(=O)c1ccc(OC)cc1OC. The summed E-state index contributed by atoms with van der Waals surface area (Å²) in [6.45, 7) is 2.72. The highest BCUT2D eigenvalue weighted by Gasteiger charge is 2.14. The molecule has 0 saturated carbocycles. The normalized spacial score (nSPS) is 10.0. The number of nitrogens with zero attached hydrogens (tertiary/aromatic N) is 1. The van der Waals surface area contributed by atoms with Crippen molar-refractivity contribution in [2.24, 2.45) is 0 Å². The zero-order chi connectivity index (χ0) is 16.7. The number of carbonyl (C=O) groups excluding carboxylic acids is 1. The van der Waals surface area contributed by atoms with Crippen LogP contribution in [0, 0.1) is 0 Å². The Kier molecular flexibility index (Phi) is 5.80. The third-order valence-electron chi connectivity index (χ3n) is 3.22. The molecule has 1 amide bonds. The Morgan fingerprint density at radius 3 is 2.74 bits per heavy atom. The van der Waals surface area contributed by atoms with Crippen LogP contribution >= 0.6 is 0 Å². The fourth-order valence-corrected chi connectivity index (χ4v) is 2.08. The lowest BCUT2D eigenvalue weighted by Crippen LogP contribution is -2.23. The zero-order valence-corrected chi connectivity index (χ0v) is 13.5. The number of nitrogens with one attached hydrogen (secondary N) is 1. The average molecular weight is 316 g/mol. The van der Waals surface area contributed by atoms with Crippen LogP contribution < -0.4 is 19.5 Å². The lowest BCUT2D eigenvalue weighted by molar-refractivity contribution is 0.0947. The number of benzene rings is 1. The molecular formula is C17H20N2O4. The molecule has 6 nitrogen and oxygen atoms in total. The Balaban J connectivity index is 2.11. The van der Waals surface area contributed by atoms with E-state index in [-0.39, 0.29) is 5.91 Å². The van der Waals surface area contributed by atoms with Gasteiger partial charge in [-0.3, -0.25) is 4.79 Å². The first-order chi connectivity index (χ1) is 11.2. The van der Waals surface area contributed by atoms with Gasteiger partial charge in [-0.15, -0.1) is 0 Å². The van der Waals surface area contributed by atoms with Gasteiger partial charge >= 0.3 is 0 Å². The Morgan fingerprint density at radius 2 is 2.04 bits per heavy atom. The van der Waals surface area contributed by atoms with Crippen molar-refractivity contribution in [1.82, 2.24) is 10.3 Å². The summed E-state index contributed by atoms with van der Waals surface area (Å²) < 4.78 is 15.8. The van der Waals surface area contributed by atoms with Crippen molar-refractivity contribution in [3.05, 3.63) is 47.7 Å². The van der Waals surface area contributed by atoms with Gasteiger partial charge in [-0.1, -0.05) is 6.07 Å². The molecule has 122 valence electrons. The number of methoxy groups -OCH3 is 2. The Morgan fingerprint density at radius 1 is 1.22 bits per heavy atom. The smallest absolute Gasteiger partial charge is 0.255 e. The van der Waals surface area contributed by atoms with Crippen LogP contribution in [0.4, 0.5) is 0 Å². The predicted molar refractivity (Wildman–Crippen MR) is 86.1 cm³/mol. The summed E-state index contributed by atoms with van der Waals surface area (Å²) in [6.07, 6.45) is 1.66. The molecule has 0 aliphatic heterocycles. The van der Waals surface area contributed by atoms with Crippen LogP contribution in [-0.4, -0.2) is 31.7 Å².